The first-order chi connectivity index (χ1) is 13.0. The van der Waals surface area contributed by atoms with Gasteiger partial charge in [0.1, 0.15) is 5.75 Å². The normalized spacial score (nSPS) is 11.3. The van der Waals surface area contributed by atoms with Gasteiger partial charge in [-0.1, -0.05) is 30.3 Å². The first-order valence-electron chi connectivity index (χ1n) is 8.40. The summed E-state index contributed by atoms with van der Waals surface area (Å²) < 4.78 is 32.7. The van der Waals surface area contributed by atoms with E-state index in [0.717, 1.165) is 4.88 Å². The maximum absolute atomic E-state index is 12.4. The zero-order valence-corrected chi connectivity index (χ0v) is 16.3. The Hall–Kier alpha value is -2.48. The number of sulfonamides is 1. The lowest BCUT2D eigenvalue weighted by Gasteiger charge is -2.07. The number of carbonyl (C=O) groups is 1. The summed E-state index contributed by atoms with van der Waals surface area (Å²) in [4.78, 5) is 13.9. The predicted octanol–water partition coefficient (Wildman–Crippen LogP) is 3.86. The number of nitrogens with one attached hydrogen (secondary N) is 1. The molecule has 2 aromatic carbocycles. The first kappa shape index (κ1) is 19.3. The van der Waals surface area contributed by atoms with Gasteiger partial charge in [-0.3, -0.25) is 4.79 Å². The first-order valence-corrected chi connectivity index (χ1v) is 10.7. The molecule has 1 heterocycles. The lowest BCUT2D eigenvalue weighted by molar-refractivity contribution is 0.104. The molecule has 140 valence electrons. The number of rotatable bonds is 8. The van der Waals surface area contributed by atoms with Crippen LogP contribution in [-0.4, -0.2) is 20.8 Å². The molecule has 7 heteroatoms. The van der Waals surface area contributed by atoms with Gasteiger partial charge in [0.15, 0.2) is 0 Å². The van der Waals surface area contributed by atoms with Crippen LogP contribution >= 0.6 is 11.3 Å². The Morgan fingerprint density at radius 2 is 1.70 bits per heavy atom. The third kappa shape index (κ3) is 4.82. The average molecular weight is 402 g/mol. The molecular formula is C20H19NO4S2. The van der Waals surface area contributed by atoms with Crippen LogP contribution in [0.1, 0.15) is 27.0 Å². The number of ketones is 1. The summed E-state index contributed by atoms with van der Waals surface area (Å²) in [6.45, 7) is 2.51. The van der Waals surface area contributed by atoms with Crippen LogP contribution in [0.3, 0.4) is 0 Å². The number of hydrogen-bond acceptors (Lipinski definition) is 5. The highest BCUT2D eigenvalue weighted by molar-refractivity contribution is 7.89. The van der Waals surface area contributed by atoms with Crippen LogP contribution in [0.15, 0.2) is 71.6 Å². The maximum Gasteiger partial charge on any atom is 0.240 e. The van der Waals surface area contributed by atoms with Crippen molar-refractivity contribution in [2.75, 3.05) is 6.61 Å². The Morgan fingerprint density at radius 3 is 2.37 bits per heavy atom. The highest BCUT2D eigenvalue weighted by Crippen LogP contribution is 2.21. The molecule has 1 aromatic heterocycles. The molecule has 0 amide bonds. The second-order valence-electron chi connectivity index (χ2n) is 5.69. The molecule has 0 radical (unpaired) electrons. The summed E-state index contributed by atoms with van der Waals surface area (Å²) in [6.07, 6.45) is 0. The Labute approximate surface area is 162 Å². The van der Waals surface area contributed by atoms with Crippen molar-refractivity contribution in [2.24, 2.45) is 0 Å². The Balaban J connectivity index is 1.66. The van der Waals surface area contributed by atoms with Gasteiger partial charge in [-0.25, -0.2) is 13.1 Å². The quantitative estimate of drug-likeness (QED) is 0.582. The van der Waals surface area contributed by atoms with Crippen molar-refractivity contribution >= 4 is 27.1 Å². The Bertz CT molecular complexity index is 1010. The topological polar surface area (TPSA) is 72.5 Å². The molecule has 0 aliphatic rings. The summed E-state index contributed by atoms with van der Waals surface area (Å²) in [6, 6.07) is 18.7. The highest BCUT2D eigenvalue weighted by atomic mass is 32.2. The molecule has 0 saturated carbocycles. The molecule has 0 fully saturated rings. The van der Waals surface area contributed by atoms with Crippen molar-refractivity contribution in [1.29, 1.82) is 0 Å². The van der Waals surface area contributed by atoms with Crippen LogP contribution in [-0.2, 0) is 16.6 Å². The smallest absolute Gasteiger partial charge is 0.240 e. The third-order valence-corrected chi connectivity index (χ3v) is 6.30. The second kappa shape index (κ2) is 8.47. The van der Waals surface area contributed by atoms with Crippen molar-refractivity contribution in [3.63, 3.8) is 0 Å². The van der Waals surface area contributed by atoms with E-state index in [1.807, 2.05) is 25.1 Å². The van der Waals surface area contributed by atoms with E-state index in [9.17, 15) is 13.2 Å². The summed E-state index contributed by atoms with van der Waals surface area (Å²) in [7, 11) is -3.64. The molecule has 0 atom stereocenters. The molecule has 0 saturated heterocycles. The van der Waals surface area contributed by atoms with Gasteiger partial charge in [-0.2, -0.15) is 0 Å². The zero-order chi connectivity index (χ0) is 19.3. The van der Waals surface area contributed by atoms with Crippen molar-refractivity contribution in [2.45, 2.75) is 18.4 Å². The van der Waals surface area contributed by atoms with Gasteiger partial charge in [0.05, 0.1) is 16.4 Å². The van der Waals surface area contributed by atoms with Crippen molar-refractivity contribution in [1.82, 2.24) is 4.72 Å². The van der Waals surface area contributed by atoms with E-state index in [2.05, 4.69) is 4.72 Å². The van der Waals surface area contributed by atoms with Crippen LogP contribution < -0.4 is 9.46 Å². The fourth-order valence-electron chi connectivity index (χ4n) is 2.46. The monoisotopic (exact) mass is 401 g/mol. The van der Waals surface area contributed by atoms with Crippen LogP contribution in [0.5, 0.6) is 5.75 Å². The number of ether oxygens (including phenoxy) is 1. The lowest BCUT2D eigenvalue weighted by Crippen LogP contribution is -2.22. The lowest BCUT2D eigenvalue weighted by atomic mass is 10.1. The highest BCUT2D eigenvalue weighted by Gasteiger charge is 2.16. The molecule has 0 aliphatic heterocycles. The van der Waals surface area contributed by atoms with E-state index < -0.39 is 10.0 Å². The van der Waals surface area contributed by atoms with Gasteiger partial charge < -0.3 is 4.74 Å². The minimum absolute atomic E-state index is 0.0683. The third-order valence-electron chi connectivity index (χ3n) is 3.80. The van der Waals surface area contributed by atoms with E-state index >= 15 is 0 Å². The Kier molecular flexibility index (Phi) is 6.05. The number of benzene rings is 2. The fourth-order valence-corrected chi connectivity index (χ4v) is 4.47. The minimum atomic E-state index is -3.64. The molecule has 3 rings (SSSR count). The van der Waals surface area contributed by atoms with E-state index in [1.165, 1.54) is 23.5 Å². The SMILES string of the molecule is CCOc1ccc(S(=O)(=O)NCc2ccc(C(=O)c3ccccc3)s2)cc1. The minimum Gasteiger partial charge on any atom is -0.494 e. The van der Waals surface area contributed by atoms with Crippen molar-refractivity contribution in [3.05, 3.63) is 82.0 Å². The molecule has 0 unspecified atom stereocenters. The van der Waals surface area contributed by atoms with Crippen molar-refractivity contribution < 1.29 is 17.9 Å². The molecule has 1 N–H and O–H groups in total. The molecule has 3 aromatic rings. The van der Waals surface area contributed by atoms with Gasteiger partial charge >= 0.3 is 0 Å². The van der Waals surface area contributed by atoms with Crippen LogP contribution in [0, 0.1) is 0 Å². The van der Waals surface area contributed by atoms with Gasteiger partial charge in [0, 0.05) is 17.0 Å². The molecule has 0 bridgehead atoms. The van der Waals surface area contributed by atoms with Crippen molar-refractivity contribution in [3.8, 4) is 5.75 Å². The van der Waals surface area contributed by atoms with E-state index in [1.54, 1.807) is 36.4 Å². The molecular weight excluding hydrogens is 382 g/mol. The van der Waals surface area contributed by atoms with E-state index in [4.69, 9.17) is 4.74 Å². The van der Waals surface area contributed by atoms with Crippen LogP contribution in [0.4, 0.5) is 0 Å². The summed E-state index contributed by atoms with van der Waals surface area (Å²) in [5.41, 5.74) is 0.612. The van der Waals surface area contributed by atoms with Gasteiger partial charge in [-0.05, 0) is 43.3 Å². The second-order valence-corrected chi connectivity index (χ2v) is 8.63. The average Bonchev–Trinajstić information content (AvgIpc) is 3.16. The van der Waals surface area contributed by atoms with E-state index in [0.29, 0.717) is 22.8 Å². The van der Waals surface area contributed by atoms with E-state index in [-0.39, 0.29) is 17.2 Å². The van der Waals surface area contributed by atoms with Gasteiger partial charge in [-0.15, -0.1) is 11.3 Å². The van der Waals surface area contributed by atoms with Crippen LogP contribution in [0.2, 0.25) is 0 Å². The predicted molar refractivity (Wildman–Crippen MR) is 106 cm³/mol. The molecule has 0 spiro atoms. The van der Waals surface area contributed by atoms with Crippen LogP contribution in [0.25, 0.3) is 0 Å². The molecule has 27 heavy (non-hydrogen) atoms. The van der Waals surface area contributed by atoms with Gasteiger partial charge in [0.2, 0.25) is 15.8 Å². The fraction of sp³-hybridized carbons (Fsp3) is 0.150. The standard InChI is InChI=1S/C20H19NO4S2/c1-2-25-16-8-11-18(12-9-16)27(23,24)21-14-17-10-13-19(26-17)20(22)15-6-4-3-5-7-15/h3-13,21H,2,14H2,1H3. The number of hydrogen-bond donors (Lipinski definition) is 1. The maximum atomic E-state index is 12.4. The summed E-state index contributed by atoms with van der Waals surface area (Å²) in [5.74, 6) is 0.556. The molecule has 0 aliphatic carbocycles. The summed E-state index contributed by atoms with van der Waals surface area (Å²) in [5, 5.41) is 0. The zero-order valence-electron chi connectivity index (χ0n) is 14.7. The number of thiophene rings is 1. The summed E-state index contributed by atoms with van der Waals surface area (Å²) >= 11 is 1.28. The van der Waals surface area contributed by atoms with Gasteiger partial charge in [0.25, 0.3) is 0 Å². The number of carbonyl (C=O) groups excluding carboxylic acids is 1. The largest absolute Gasteiger partial charge is 0.494 e. The Morgan fingerprint density at radius 1 is 1.00 bits per heavy atom. The molecule has 5 nitrogen and oxygen atoms in total.